The van der Waals surface area contributed by atoms with Crippen LogP contribution in [-0.4, -0.2) is 20.9 Å². The number of nitriles is 1. The van der Waals surface area contributed by atoms with Gasteiger partial charge in [-0.05, 0) is 38.5 Å². The van der Waals surface area contributed by atoms with Gasteiger partial charge in [0.05, 0.1) is 23.4 Å². The first-order valence-corrected chi connectivity index (χ1v) is 6.22. The summed E-state index contributed by atoms with van der Waals surface area (Å²) in [5, 5.41) is 22.5. The molecule has 0 unspecified atom stereocenters. The summed E-state index contributed by atoms with van der Waals surface area (Å²) >= 11 is 0. The standard InChI is InChI=1S/C15H15N3O2/c1-9-4-5-14(12(6-9)8-16)18-11(3)13(7-15(19)20)10(2)17-18/h4-6H,7H2,1-3H3,(H,19,20). The van der Waals surface area contributed by atoms with E-state index in [0.717, 1.165) is 11.3 Å². The molecule has 2 aromatic rings. The van der Waals surface area contributed by atoms with Gasteiger partial charge in [0.25, 0.3) is 0 Å². The Hall–Kier alpha value is -2.61. The van der Waals surface area contributed by atoms with Crippen molar-refractivity contribution in [2.45, 2.75) is 27.2 Å². The Bertz CT molecular complexity index is 723. The van der Waals surface area contributed by atoms with Crippen molar-refractivity contribution in [2.24, 2.45) is 0 Å². The molecule has 0 aliphatic carbocycles. The zero-order chi connectivity index (χ0) is 14.9. The first-order valence-electron chi connectivity index (χ1n) is 6.22. The molecular weight excluding hydrogens is 254 g/mol. The topological polar surface area (TPSA) is 78.9 Å². The van der Waals surface area contributed by atoms with E-state index in [0.29, 0.717) is 22.5 Å². The number of rotatable bonds is 3. The summed E-state index contributed by atoms with van der Waals surface area (Å²) in [5.41, 5.74) is 4.33. The van der Waals surface area contributed by atoms with E-state index in [4.69, 9.17) is 5.11 Å². The maximum atomic E-state index is 10.9. The highest BCUT2D eigenvalue weighted by Gasteiger charge is 2.17. The quantitative estimate of drug-likeness (QED) is 0.927. The van der Waals surface area contributed by atoms with Crippen molar-refractivity contribution < 1.29 is 9.90 Å². The molecule has 1 aromatic carbocycles. The van der Waals surface area contributed by atoms with Crippen molar-refractivity contribution in [1.29, 1.82) is 5.26 Å². The SMILES string of the molecule is Cc1ccc(-n2nc(C)c(CC(=O)O)c2C)c(C#N)c1. The third-order valence-electron chi connectivity index (χ3n) is 3.27. The lowest BCUT2D eigenvalue weighted by atomic mass is 10.1. The molecule has 102 valence electrons. The molecule has 0 amide bonds. The van der Waals surface area contributed by atoms with Crippen LogP contribution in [0.15, 0.2) is 18.2 Å². The number of carboxylic acids is 1. The van der Waals surface area contributed by atoms with Crippen LogP contribution in [0.2, 0.25) is 0 Å². The van der Waals surface area contributed by atoms with Gasteiger partial charge in [-0.2, -0.15) is 10.4 Å². The predicted molar refractivity (Wildman–Crippen MR) is 73.8 cm³/mol. The van der Waals surface area contributed by atoms with E-state index in [1.807, 2.05) is 26.0 Å². The molecule has 1 N–H and O–H groups in total. The lowest BCUT2D eigenvalue weighted by molar-refractivity contribution is -0.136. The van der Waals surface area contributed by atoms with Gasteiger partial charge in [0, 0.05) is 11.3 Å². The lowest BCUT2D eigenvalue weighted by Crippen LogP contribution is -2.05. The molecule has 5 heteroatoms. The van der Waals surface area contributed by atoms with E-state index in [-0.39, 0.29) is 6.42 Å². The number of hydrogen-bond donors (Lipinski definition) is 1. The second kappa shape index (κ2) is 5.17. The fourth-order valence-electron chi connectivity index (χ4n) is 2.24. The second-order valence-corrected chi connectivity index (χ2v) is 4.76. The molecule has 0 saturated heterocycles. The summed E-state index contributed by atoms with van der Waals surface area (Å²) in [7, 11) is 0. The molecule has 0 bridgehead atoms. The average molecular weight is 269 g/mol. The number of aliphatic carboxylic acids is 1. The van der Waals surface area contributed by atoms with Crippen LogP contribution in [-0.2, 0) is 11.2 Å². The van der Waals surface area contributed by atoms with Crippen molar-refractivity contribution in [1.82, 2.24) is 9.78 Å². The third kappa shape index (κ3) is 2.41. The maximum absolute atomic E-state index is 10.9. The minimum atomic E-state index is -0.889. The Morgan fingerprint density at radius 3 is 2.70 bits per heavy atom. The molecule has 2 rings (SSSR count). The van der Waals surface area contributed by atoms with Gasteiger partial charge in [0.1, 0.15) is 6.07 Å². The van der Waals surface area contributed by atoms with Gasteiger partial charge < -0.3 is 5.11 Å². The Labute approximate surface area is 117 Å². The Morgan fingerprint density at radius 1 is 1.40 bits per heavy atom. The van der Waals surface area contributed by atoms with Crippen LogP contribution >= 0.6 is 0 Å². The van der Waals surface area contributed by atoms with Gasteiger partial charge in [-0.1, -0.05) is 6.07 Å². The van der Waals surface area contributed by atoms with Crippen molar-refractivity contribution in [3.63, 3.8) is 0 Å². The molecule has 0 radical (unpaired) electrons. The van der Waals surface area contributed by atoms with E-state index in [9.17, 15) is 10.1 Å². The van der Waals surface area contributed by atoms with Crippen LogP contribution in [0.25, 0.3) is 5.69 Å². The minimum Gasteiger partial charge on any atom is -0.481 e. The van der Waals surface area contributed by atoms with Crippen LogP contribution < -0.4 is 0 Å². The molecule has 1 heterocycles. The largest absolute Gasteiger partial charge is 0.481 e. The zero-order valence-corrected chi connectivity index (χ0v) is 11.6. The Morgan fingerprint density at radius 2 is 2.10 bits per heavy atom. The number of nitrogens with zero attached hydrogens (tertiary/aromatic N) is 3. The Balaban J connectivity index is 2.60. The third-order valence-corrected chi connectivity index (χ3v) is 3.27. The number of aryl methyl sites for hydroxylation is 2. The predicted octanol–water partition coefficient (Wildman–Crippen LogP) is 2.30. The van der Waals surface area contributed by atoms with Crippen molar-refractivity contribution in [2.75, 3.05) is 0 Å². The van der Waals surface area contributed by atoms with Crippen LogP contribution in [0.4, 0.5) is 0 Å². The molecule has 0 aliphatic rings. The van der Waals surface area contributed by atoms with Crippen molar-refractivity contribution in [3.05, 3.63) is 46.3 Å². The number of hydrogen-bond acceptors (Lipinski definition) is 3. The zero-order valence-electron chi connectivity index (χ0n) is 11.6. The van der Waals surface area contributed by atoms with E-state index in [1.165, 1.54) is 0 Å². The summed E-state index contributed by atoms with van der Waals surface area (Å²) < 4.78 is 1.64. The monoisotopic (exact) mass is 269 g/mol. The van der Waals surface area contributed by atoms with E-state index >= 15 is 0 Å². The highest BCUT2D eigenvalue weighted by molar-refractivity contribution is 5.71. The summed E-state index contributed by atoms with van der Waals surface area (Å²) in [6, 6.07) is 7.69. The smallest absolute Gasteiger partial charge is 0.307 e. The fourth-order valence-corrected chi connectivity index (χ4v) is 2.24. The van der Waals surface area contributed by atoms with E-state index in [2.05, 4.69) is 11.2 Å². The summed E-state index contributed by atoms with van der Waals surface area (Å²) in [4.78, 5) is 10.9. The summed E-state index contributed by atoms with van der Waals surface area (Å²) in [6.45, 7) is 5.52. The summed E-state index contributed by atoms with van der Waals surface area (Å²) in [5.74, 6) is -0.889. The van der Waals surface area contributed by atoms with E-state index in [1.54, 1.807) is 17.7 Å². The molecule has 0 aliphatic heterocycles. The van der Waals surface area contributed by atoms with Crippen LogP contribution in [0.3, 0.4) is 0 Å². The van der Waals surface area contributed by atoms with Crippen LogP contribution in [0, 0.1) is 32.1 Å². The van der Waals surface area contributed by atoms with Crippen molar-refractivity contribution in [3.8, 4) is 11.8 Å². The second-order valence-electron chi connectivity index (χ2n) is 4.76. The normalized spacial score (nSPS) is 10.3. The highest BCUT2D eigenvalue weighted by atomic mass is 16.4. The van der Waals surface area contributed by atoms with Crippen LogP contribution in [0.5, 0.6) is 0 Å². The van der Waals surface area contributed by atoms with Gasteiger partial charge >= 0.3 is 5.97 Å². The van der Waals surface area contributed by atoms with Gasteiger partial charge in [0.15, 0.2) is 0 Å². The van der Waals surface area contributed by atoms with Gasteiger partial charge in [-0.25, -0.2) is 4.68 Å². The first kappa shape index (κ1) is 13.8. The van der Waals surface area contributed by atoms with Crippen LogP contribution in [0.1, 0.15) is 28.1 Å². The lowest BCUT2D eigenvalue weighted by Gasteiger charge is -2.08. The molecule has 5 nitrogen and oxygen atoms in total. The average Bonchev–Trinajstić information content (AvgIpc) is 2.66. The molecule has 0 saturated carbocycles. The molecule has 0 fully saturated rings. The highest BCUT2D eigenvalue weighted by Crippen LogP contribution is 2.21. The molecule has 0 spiro atoms. The number of carbonyl (C=O) groups is 1. The molecule has 1 aromatic heterocycles. The number of carboxylic acid groups (broad SMARTS) is 1. The maximum Gasteiger partial charge on any atom is 0.307 e. The first-order chi connectivity index (χ1) is 9.43. The fraction of sp³-hybridized carbons (Fsp3) is 0.267. The molecule has 20 heavy (non-hydrogen) atoms. The molecule has 0 atom stereocenters. The van der Waals surface area contributed by atoms with Gasteiger partial charge in [-0.15, -0.1) is 0 Å². The van der Waals surface area contributed by atoms with E-state index < -0.39 is 5.97 Å². The van der Waals surface area contributed by atoms with Crippen molar-refractivity contribution >= 4 is 5.97 Å². The van der Waals surface area contributed by atoms with Gasteiger partial charge in [-0.3, -0.25) is 4.79 Å². The Kier molecular flexibility index (Phi) is 3.57. The minimum absolute atomic E-state index is 0.0641. The number of aromatic nitrogens is 2. The molecular formula is C15H15N3O2. The number of benzene rings is 1. The van der Waals surface area contributed by atoms with Gasteiger partial charge in [0.2, 0.25) is 0 Å². The summed E-state index contributed by atoms with van der Waals surface area (Å²) in [6.07, 6.45) is -0.0641.